The number of ether oxygens (including phenoxy) is 3. The third-order valence-corrected chi connectivity index (χ3v) is 5.15. The molecular weight excluding hydrogens is 382 g/mol. The van der Waals surface area contributed by atoms with Crippen LogP contribution in [0.5, 0.6) is 17.2 Å². The highest BCUT2D eigenvalue weighted by molar-refractivity contribution is 5.94. The quantitative estimate of drug-likeness (QED) is 0.789. The summed E-state index contributed by atoms with van der Waals surface area (Å²) in [5, 5.41) is 0. The molecule has 0 aromatic heterocycles. The first-order valence-electron chi connectivity index (χ1n) is 9.34. The largest absolute Gasteiger partial charge is 0.493 e. The van der Waals surface area contributed by atoms with Gasteiger partial charge in [0, 0.05) is 5.56 Å². The number of amides is 1. The molecule has 1 aliphatic rings. The molecule has 0 spiro atoms. The maximum Gasteiger partial charge on any atom is 0.254 e. The zero-order chi connectivity index (χ0) is 21.0. The van der Waals surface area contributed by atoms with Gasteiger partial charge in [0.15, 0.2) is 23.1 Å². The van der Waals surface area contributed by atoms with Crippen LogP contribution in [0.25, 0.3) is 0 Å². The van der Waals surface area contributed by atoms with Crippen LogP contribution in [0.4, 0.5) is 8.78 Å². The summed E-state index contributed by atoms with van der Waals surface area (Å²) in [5.74, 6) is -0.462. The van der Waals surface area contributed by atoms with Crippen molar-refractivity contribution in [1.29, 1.82) is 0 Å². The smallest absolute Gasteiger partial charge is 0.254 e. The van der Waals surface area contributed by atoms with Crippen LogP contribution in [-0.2, 0) is 6.54 Å². The number of benzene rings is 2. The van der Waals surface area contributed by atoms with E-state index in [0.717, 1.165) is 30.8 Å². The van der Waals surface area contributed by atoms with E-state index in [2.05, 4.69) is 0 Å². The minimum Gasteiger partial charge on any atom is -0.493 e. The summed E-state index contributed by atoms with van der Waals surface area (Å²) >= 11 is 0. The van der Waals surface area contributed by atoms with Gasteiger partial charge < -0.3 is 24.0 Å². The average Bonchev–Trinajstić information content (AvgIpc) is 2.75. The molecule has 0 saturated carbocycles. The number of carbonyl (C=O) groups excluding carboxylic acids is 1. The minimum atomic E-state index is -1.01. The third-order valence-electron chi connectivity index (χ3n) is 5.15. The van der Waals surface area contributed by atoms with E-state index in [1.54, 1.807) is 26.2 Å². The van der Waals surface area contributed by atoms with Gasteiger partial charge in [-0.1, -0.05) is 0 Å². The number of piperazine rings is 1. The van der Waals surface area contributed by atoms with E-state index in [4.69, 9.17) is 14.2 Å². The van der Waals surface area contributed by atoms with E-state index in [-0.39, 0.29) is 11.5 Å². The molecule has 1 aliphatic heterocycles. The monoisotopic (exact) mass is 407 g/mol. The standard InChI is InChI=1S/C21H24F2N2O4/c1-27-18-7-5-15(19(28-2)20(18)29-3)13-24-8-10-25(11-9-24)21(26)14-4-6-16(22)17(23)12-14/h4-7,12H,8-11,13H2,1-3H3/p+1. The van der Waals surface area contributed by atoms with Gasteiger partial charge in [0.05, 0.1) is 53.1 Å². The van der Waals surface area contributed by atoms with Crippen molar-refractivity contribution in [3.63, 3.8) is 0 Å². The van der Waals surface area contributed by atoms with Crippen molar-refractivity contribution in [2.75, 3.05) is 47.5 Å². The summed E-state index contributed by atoms with van der Waals surface area (Å²) in [6.45, 7) is 3.22. The Kier molecular flexibility index (Phi) is 6.53. The summed E-state index contributed by atoms with van der Waals surface area (Å²) in [6, 6.07) is 7.04. The maximum absolute atomic E-state index is 13.4. The lowest BCUT2D eigenvalue weighted by molar-refractivity contribution is -0.917. The van der Waals surface area contributed by atoms with Crippen LogP contribution < -0.4 is 19.1 Å². The molecule has 2 aromatic carbocycles. The predicted molar refractivity (Wildman–Crippen MR) is 103 cm³/mol. The average molecular weight is 407 g/mol. The highest BCUT2D eigenvalue weighted by Crippen LogP contribution is 2.39. The van der Waals surface area contributed by atoms with Crippen molar-refractivity contribution in [1.82, 2.24) is 4.90 Å². The molecule has 1 saturated heterocycles. The summed E-state index contributed by atoms with van der Waals surface area (Å²) in [4.78, 5) is 15.5. The van der Waals surface area contributed by atoms with Gasteiger partial charge in [0.25, 0.3) is 5.91 Å². The molecule has 0 radical (unpaired) electrons. The molecule has 29 heavy (non-hydrogen) atoms. The van der Waals surface area contributed by atoms with Gasteiger partial charge >= 0.3 is 0 Å². The van der Waals surface area contributed by atoms with E-state index in [9.17, 15) is 13.6 Å². The number of halogens is 2. The summed E-state index contributed by atoms with van der Waals surface area (Å²) < 4.78 is 42.8. The first kappa shape index (κ1) is 20.9. The summed E-state index contributed by atoms with van der Waals surface area (Å²) in [7, 11) is 4.74. The molecule has 1 N–H and O–H groups in total. The molecular formula is C21H25F2N2O4+. The van der Waals surface area contributed by atoms with Crippen LogP contribution in [-0.4, -0.2) is 58.3 Å². The number of carbonyl (C=O) groups is 1. The van der Waals surface area contributed by atoms with E-state index < -0.39 is 11.6 Å². The fourth-order valence-electron chi connectivity index (χ4n) is 3.59. The second kappa shape index (κ2) is 9.09. The fraction of sp³-hybridized carbons (Fsp3) is 0.381. The maximum atomic E-state index is 13.4. The van der Waals surface area contributed by atoms with E-state index in [0.29, 0.717) is 36.9 Å². The minimum absolute atomic E-state index is 0.161. The number of nitrogens with zero attached hydrogens (tertiary/aromatic N) is 1. The van der Waals surface area contributed by atoms with Gasteiger partial charge in [-0.25, -0.2) is 8.78 Å². The Morgan fingerprint density at radius 2 is 1.66 bits per heavy atom. The summed E-state index contributed by atoms with van der Waals surface area (Å²) in [6.07, 6.45) is 0. The van der Waals surface area contributed by atoms with Gasteiger partial charge in [-0.2, -0.15) is 0 Å². The lowest BCUT2D eigenvalue weighted by Crippen LogP contribution is -3.13. The van der Waals surface area contributed by atoms with Gasteiger partial charge in [-0.15, -0.1) is 0 Å². The van der Waals surface area contributed by atoms with Crippen LogP contribution in [0.2, 0.25) is 0 Å². The number of rotatable bonds is 6. The molecule has 0 bridgehead atoms. The lowest BCUT2D eigenvalue weighted by atomic mass is 10.1. The topological polar surface area (TPSA) is 52.4 Å². The Morgan fingerprint density at radius 3 is 2.24 bits per heavy atom. The highest BCUT2D eigenvalue weighted by atomic mass is 19.2. The SMILES string of the molecule is COc1ccc(C[NH+]2CCN(C(=O)c3ccc(F)c(F)c3)CC2)c(OC)c1OC. The number of hydrogen-bond donors (Lipinski definition) is 1. The van der Waals surface area contributed by atoms with Gasteiger partial charge in [0.2, 0.25) is 5.75 Å². The molecule has 156 valence electrons. The molecule has 0 unspecified atom stereocenters. The van der Waals surface area contributed by atoms with Crippen LogP contribution in [0, 0.1) is 11.6 Å². The number of nitrogens with one attached hydrogen (secondary N) is 1. The third kappa shape index (κ3) is 4.42. The zero-order valence-corrected chi connectivity index (χ0v) is 16.8. The Hall–Kier alpha value is -2.87. The van der Waals surface area contributed by atoms with Gasteiger partial charge in [-0.3, -0.25) is 4.79 Å². The number of methoxy groups -OCH3 is 3. The van der Waals surface area contributed by atoms with Gasteiger partial charge in [0.1, 0.15) is 6.54 Å². The van der Waals surface area contributed by atoms with Crippen molar-refractivity contribution in [2.45, 2.75) is 6.54 Å². The van der Waals surface area contributed by atoms with Crippen molar-refractivity contribution in [2.24, 2.45) is 0 Å². The van der Waals surface area contributed by atoms with E-state index in [1.807, 2.05) is 12.1 Å². The van der Waals surface area contributed by atoms with Crippen molar-refractivity contribution >= 4 is 5.91 Å². The van der Waals surface area contributed by atoms with Crippen molar-refractivity contribution < 1.29 is 32.7 Å². The van der Waals surface area contributed by atoms with Crippen molar-refractivity contribution in [3.05, 3.63) is 53.1 Å². The number of quaternary nitrogens is 1. The lowest BCUT2D eigenvalue weighted by Gasteiger charge is -2.32. The summed E-state index contributed by atoms with van der Waals surface area (Å²) in [5.41, 5.74) is 1.15. The molecule has 8 heteroatoms. The predicted octanol–water partition coefficient (Wildman–Crippen LogP) is 1.53. The molecule has 6 nitrogen and oxygen atoms in total. The Labute approximate surface area is 168 Å². The van der Waals surface area contributed by atoms with Gasteiger partial charge in [-0.05, 0) is 30.3 Å². The first-order chi connectivity index (χ1) is 14.0. The van der Waals surface area contributed by atoms with E-state index in [1.165, 1.54) is 11.0 Å². The Bertz CT molecular complexity index is 883. The zero-order valence-electron chi connectivity index (χ0n) is 16.8. The van der Waals surface area contributed by atoms with Crippen molar-refractivity contribution in [3.8, 4) is 17.2 Å². The first-order valence-corrected chi connectivity index (χ1v) is 9.34. The molecule has 1 heterocycles. The Morgan fingerprint density at radius 1 is 0.966 bits per heavy atom. The molecule has 1 amide bonds. The second-order valence-corrected chi connectivity index (χ2v) is 6.84. The normalized spacial score (nSPS) is 14.6. The van der Waals surface area contributed by atoms with E-state index >= 15 is 0 Å². The van der Waals surface area contributed by atoms with Crippen LogP contribution in [0.3, 0.4) is 0 Å². The molecule has 3 rings (SSSR count). The molecule has 2 aromatic rings. The van der Waals surface area contributed by atoms with Crippen LogP contribution in [0.1, 0.15) is 15.9 Å². The molecule has 0 atom stereocenters. The van der Waals surface area contributed by atoms with Crippen LogP contribution >= 0.6 is 0 Å². The second-order valence-electron chi connectivity index (χ2n) is 6.84. The Balaban J connectivity index is 1.65. The van der Waals surface area contributed by atoms with Crippen LogP contribution in [0.15, 0.2) is 30.3 Å². The molecule has 0 aliphatic carbocycles. The fourth-order valence-corrected chi connectivity index (χ4v) is 3.59. The highest BCUT2D eigenvalue weighted by Gasteiger charge is 2.27. The number of hydrogen-bond acceptors (Lipinski definition) is 4. The molecule has 1 fully saturated rings.